The molecule has 1 aromatic heterocycles. The van der Waals surface area contributed by atoms with Gasteiger partial charge < -0.3 is 9.73 Å². The van der Waals surface area contributed by atoms with Gasteiger partial charge in [-0.15, -0.1) is 0 Å². The molecule has 1 N–H and O–H groups in total. The third-order valence-corrected chi connectivity index (χ3v) is 2.75. The summed E-state index contributed by atoms with van der Waals surface area (Å²) in [6, 6.07) is 8.59. The second-order valence-corrected chi connectivity index (χ2v) is 3.71. The molecule has 0 fully saturated rings. The highest BCUT2D eigenvalue weighted by Crippen LogP contribution is 2.27. The molecule has 0 amide bonds. The molecule has 0 spiro atoms. The Morgan fingerprint density at radius 3 is 2.80 bits per heavy atom. The maximum Gasteiger partial charge on any atom is 0.134 e. The van der Waals surface area contributed by atoms with E-state index in [0.29, 0.717) is 6.04 Å². The van der Waals surface area contributed by atoms with E-state index in [0.717, 1.165) is 18.5 Å². The largest absolute Gasteiger partial charge is 0.464 e. The third-order valence-electron chi connectivity index (χ3n) is 2.75. The lowest BCUT2D eigenvalue weighted by molar-refractivity contribution is 0.525. The second-order valence-electron chi connectivity index (χ2n) is 3.71. The van der Waals surface area contributed by atoms with E-state index in [1.54, 1.807) is 0 Å². The van der Waals surface area contributed by atoms with Crippen LogP contribution >= 0.6 is 0 Å². The SMILES string of the molecule is CCNC(CC)c1coc2ccccc12. The van der Waals surface area contributed by atoms with Crippen molar-refractivity contribution in [3.05, 3.63) is 36.1 Å². The average molecular weight is 203 g/mol. The summed E-state index contributed by atoms with van der Waals surface area (Å²) in [6.07, 6.45) is 2.96. The van der Waals surface area contributed by atoms with Gasteiger partial charge in [0.2, 0.25) is 0 Å². The summed E-state index contributed by atoms with van der Waals surface area (Å²) in [5.74, 6) is 0. The van der Waals surface area contributed by atoms with E-state index in [1.807, 2.05) is 18.4 Å². The van der Waals surface area contributed by atoms with Crippen molar-refractivity contribution in [1.82, 2.24) is 5.32 Å². The van der Waals surface area contributed by atoms with Crippen molar-refractivity contribution in [1.29, 1.82) is 0 Å². The van der Waals surface area contributed by atoms with Gasteiger partial charge in [-0.05, 0) is 19.0 Å². The monoisotopic (exact) mass is 203 g/mol. The fourth-order valence-corrected chi connectivity index (χ4v) is 1.99. The molecule has 2 rings (SSSR count). The molecule has 1 atom stereocenters. The van der Waals surface area contributed by atoms with Gasteiger partial charge in [0.05, 0.1) is 6.26 Å². The van der Waals surface area contributed by atoms with Crippen molar-refractivity contribution < 1.29 is 4.42 Å². The Balaban J connectivity index is 2.41. The third kappa shape index (κ3) is 1.90. The number of hydrogen-bond acceptors (Lipinski definition) is 2. The first kappa shape index (κ1) is 10.2. The molecule has 2 nitrogen and oxygen atoms in total. The Labute approximate surface area is 90.3 Å². The van der Waals surface area contributed by atoms with Crippen LogP contribution in [0.2, 0.25) is 0 Å². The number of fused-ring (bicyclic) bond motifs is 1. The summed E-state index contributed by atoms with van der Waals surface area (Å²) in [5.41, 5.74) is 2.25. The van der Waals surface area contributed by atoms with Crippen LogP contribution < -0.4 is 5.32 Å². The Hall–Kier alpha value is -1.28. The van der Waals surface area contributed by atoms with Crippen molar-refractivity contribution in [2.24, 2.45) is 0 Å². The van der Waals surface area contributed by atoms with E-state index in [2.05, 4.69) is 31.3 Å². The molecule has 0 saturated heterocycles. The molecule has 0 aliphatic rings. The first-order chi connectivity index (χ1) is 7.36. The predicted octanol–water partition coefficient (Wildman–Crippen LogP) is 3.49. The van der Waals surface area contributed by atoms with E-state index in [1.165, 1.54) is 10.9 Å². The van der Waals surface area contributed by atoms with E-state index >= 15 is 0 Å². The smallest absolute Gasteiger partial charge is 0.134 e. The van der Waals surface area contributed by atoms with Gasteiger partial charge in [-0.1, -0.05) is 32.0 Å². The van der Waals surface area contributed by atoms with E-state index in [9.17, 15) is 0 Å². The minimum atomic E-state index is 0.402. The first-order valence-corrected chi connectivity index (χ1v) is 5.56. The van der Waals surface area contributed by atoms with Gasteiger partial charge in [0.25, 0.3) is 0 Å². The lowest BCUT2D eigenvalue weighted by atomic mass is 10.0. The van der Waals surface area contributed by atoms with Crippen LogP contribution in [0.15, 0.2) is 34.9 Å². The summed E-state index contributed by atoms with van der Waals surface area (Å²) >= 11 is 0. The topological polar surface area (TPSA) is 25.2 Å². The molecular weight excluding hydrogens is 186 g/mol. The minimum absolute atomic E-state index is 0.402. The molecule has 1 unspecified atom stereocenters. The maximum atomic E-state index is 5.54. The number of para-hydroxylation sites is 1. The molecular formula is C13H17NO. The zero-order chi connectivity index (χ0) is 10.7. The summed E-state index contributed by atoms with van der Waals surface area (Å²) < 4.78 is 5.54. The Bertz CT molecular complexity index is 433. The van der Waals surface area contributed by atoms with Crippen LogP contribution in [-0.4, -0.2) is 6.54 Å². The highest BCUT2D eigenvalue weighted by atomic mass is 16.3. The Morgan fingerprint density at radius 2 is 2.07 bits per heavy atom. The molecule has 2 aromatic rings. The lowest BCUT2D eigenvalue weighted by Crippen LogP contribution is -2.19. The Morgan fingerprint density at radius 1 is 1.27 bits per heavy atom. The van der Waals surface area contributed by atoms with Crippen molar-refractivity contribution in [3.8, 4) is 0 Å². The fourth-order valence-electron chi connectivity index (χ4n) is 1.99. The minimum Gasteiger partial charge on any atom is -0.464 e. The van der Waals surface area contributed by atoms with Gasteiger partial charge in [0.1, 0.15) is 5.58 Å². The van der Waals surface area contributed by atoms with Crippen molar-refractivity contribution in [3.63, 3.8) is 0 Å². The summed E-state index contributed by atoms with van der Waals surface area (Å²) in [4.78, 5) is 0. The van der Waals surface area contributed by atoms with Crippen LogP contribution in [0, 0.1) is 0 Å². The number of benzene rings is 1. The first-order valence-electron chi connectivity index (χ1n) is 5.56. The van der Waals surface area contributed by atoms with Crippen LogP contribution in [-0.2, 0) is 0 Å². The van der Waals surface area contributed by atoms with Gasteiger partial charge in [-0.3, -0.25) is 0 Å². The van der Waals surface area contributed by atoms with Crippen LogP contribution in [0.3, 0.4) is 0 Å². The number of rotatable bonds is 4. The molecule has 0 radical (unpaired) electrons. The van der Waals surface area contributed by atoms with Crippen LogP contribution in [0.5, 0.6) is 0 Å². The van der Waals surface area contributed by atoms with Gasteiger partial charge >= 0.3 is 0 Å². The van der Waals surface area contributed by atoms with Gasteiger partial charge in [0, 0.05) is 17.0 Å². The van der Waals surface area contributed by atoms with Crippen LogP contribution in [0.1, 0.15) is 31.9 Å². The molecule has 0 aliphatic heterocycles. The molecule has 1 aromatic carbocycles. The number of furan rings is 1. The van der Waals surface area contributed by atoms with Gasteiger partial charge in [-0.2, -0.15) is 0 Å². The fraction of sp³-hybridized carbons (Fsp3) is 0.385. The molecule has 15 heavy (non-hydrogen) atoms. The van der Waals surface area contributed by atoms with E-state index in [-0.39, 0.29) is 0 Å². The second kappa shape index (κ2) is 4.49. The summed E-state index contributed by atoms with van der Waals surface area (Å²) in [6.45, 7) is 5.30. The summed E-state index contributed by atoms with van der Waals surface area (Å²) in [5, 5.41) is 4.69. The highest BCUT2D eigenvalue weighted by Gasteiger charge is 2.13. The molecule has 0 saturated carbocycles. The van der Waals surface area contributed by atoms with Crippen LogP contribution in [0.4, 0.5) is 0 Å². The normalized spacial score (nSPS) is 13.2. The van der Waals surface area contributed by atoms with E-state index in [4.69, 9.17) is 4.42 Å². The maximum absolute atomic E-state index is 5.54. The molecule has 0 bridgehead atoms. The highest BCUT2D eigenvalue weighted by molar-refractivity contribution is 5.81. The number of hydrogen-bond donors (Lipinski definition) is 1. The zero-order valence-corrected chi connectivity index (χ0v) is 9.29. The molecule has 0 aliphatic carbocycles. The van der Waals surface area contributed by atoms with Crippen molar-refractivity contribution in [2.45, 2.75) is 26.3 Å². The Kier molecular flexibility index (Phi) is 3.07. The van der Waals surface area contributed by atoms with Crippen molar-refractivity contribution >= 4 is 11.0 Å². The molecule has 80 valence electrons. The molecule has 1 heterocycles. The lowest BCUT2D eigenvalue weighted by Gasteiger charge is -2.13. The molecule has 2 heteroatoms. The quantitative estimate of drug-likeness (QED) is 0.822. The zero-order valence-electron chi connectivity index (χ0n) is 9.29. The van der Waals surface area contributed by atoms with Crippen LogP contribution in [0.25, 0.3) is 11.0 Å². The summed E-state index contributed by atoms with van der Waals surface area (Å²) in [7, 11) is 0. The van der Waals surface area contributed by atoms with Crippen molar-refractivity contribution in [2.75, 3.05) is 6.54 Å². The standard InChI is InChI=1S/C13H17NO/c1-3-12(14-4-2)11-9-15-13-8-6-5-7-10(11)13/h5-9,12,14H,3-4H2,1-2H3. The van der Waals surface area contributed by atoms with Gasteiger partial charge in [-0.25, -0.2) is 0 Å². The van der Waals surface area contributed by atoms with E-state index < -0.39 is 0 Å². The number of nitrogens with one attached hydrogen (secondary N) is 1. The average Bonchev–Trinajstić information content (AvgIpc) is 2.70. The van der Waals surface area contributed by atoms with Gasteiger partial charge in [0.15, 0.2) is 0 Å². The predicted molar refractivity (Wildman–Crippen MR) is 62.9 cm³/mol.